The molecule has 3 rings (SSSR count). The topological polar surface area (TPSA) is 19.0 Å². The van der Waals surface area contributed by atoms with Gasteiger partial charge in [-0.15, -0.1) is 0 Å². The van der Waals surface area contributed by atoms with E-state index in [-0.39, 0.29) is 5.41 Å². The van der Waals surface area contributed by atoms with E-state index >= 15 is 0 Å². The predicted octanol–water partition coefficient (Wildman–Crippen LogP) is 4.10. The van der Waals surface area contributed by atoms with Gasteiger partial charge in [-0.25, -0.2) is 0 Å². The molecular weight excluding hydrogens is 244 g/mol. The van der Waals surface area contributed by atoms with E-state index in [4.69, 9.17) is 0 Å². The second kappa shape index (κ2) is 4.92. The molecule has 2 heteroatoms. The summed E-state index contributed by atoms with van der Waals surface area (Å²) in [6.07, 6.45) is 6.06. The van der Waals surface area contributed by atoms with Crippen LogP contribution in [0.5, 0.6) is 0 Å². The minimum Gasteiger partial charge on any atom is -0.361 e. The zero-order valence-electron chi connectivity index (χ0n) is 13.2. The van der Waals surface area contributed by atoms with Crippen LogP contribution in [0.25, 0.3) is 10.9 Å². The molecule has 0 spiro atoms. The molecule has 1 saturated heterocycles. The second-order valence-electron chi connectivity index (χ2n) is 7.31. The first-order valence-corrected chi connectivity index (χ1v) is 7.76. The SMILES string of the molecule is CN1CCCC1Cc1c[nH]c2ccc(C(C)(C)C)cc12. The van der Waals surface area contributed by atoms with Gasteiger partial charge in [0.1, 0.15) is 0 Å². The normalized spacial score (nSPS) is 20.9. The number of H-pyrrole nitrogens is 1. The summed E-state index contributed by atoms with van der Waals surface area (Å²) >= 11 is 0. The molecule has 2 heterocycles. The Balaban J connectivity index is 1.95. The number of aromatic nitrogens is 1. The van der Waals surface area contributed by atoms with Gasteiger partial charge >= 0.3 is 0 Å². The van der Waals surface area contributed by atoms with E-state index < -0.39 is 0 Å². The van der Waals surface area contributed by atoms with E-state index in [1.807, 2.05) is 0 Å². The van der Waals surface area contributed by atoms with Crippen molar-refractivity contribution in [3.05, 3.63) is 35.5 Å². The van der Waals surface area contributed by atoms with Crippen LogP contribution < -0.4 is 0 Å². The van der Waals surface area contributed by atoms with Crippen LogP contribution >= 0.6 is 0 Å². The van der Waals surface area contributed by atoms with Gasteiger partial charge < -0.3 is 9.88 Å². The third-order valence-corrected chi connectivity index (χ3v) is 4.76. The lowest BCUT2D eigenvalue weighted by Crippen LogP contribution is -2.26. The first kappa shape index (κ1) is 13.7. The third kappa shape index (κ3) is 2.49. The fourth-order valence-electron chi connectivity index (χ4n) is 3.30. The molecule has 1 aliphatic rings. The molecule has 2 nitrogen and oxygen atoms in total. The van der Waals surface area contributed by atoms with Crippen LogP contribution in [0.2, 0.25) is 0 Å². The highest BCUT2D eigenvalue weighted by Crippen LogP contribution is 2.29. The Hall–Kier alpha value is -1.28. The van der Waals surface area contributed by atoms with Crippen molar-refractivity contribution >= 4 is 10.9 Å². The largest absolute Gasteiger partial charge is 0.361 e. The molecule has 0 radical (unpaired) electrons. The number of rotatable bonds is 2. The Labute approximate surface area is 122 Å². The molecule has 1 N–H and O–H groups in total. The number of hydrogen-bond donors (Lipinski definition) is 1. The van der Waals surface area contributed by atoms with Crippen molar-refractivity contribution in [3.63, 3.8) is 0 Å². The summed E-state index contributed by atoms with van der Waals surface area (Å²) in [5.41, 5.74) is 4.39. The maximum absolute atomic E-state index is 3.44. The van der Waals surface area contributed by atoms with Crippen LogP contribution in [0.4, 0.5) is 0 Å². The molecular formula is C18H26N2. The number of nitrogens with zero attached hydrogens (tertiary/aromatic N) is 1. The Morgan fingerprint density at radius 3 is 2.75 bits per heavy atom. The first-order valence-electron chi connectivity index (χ1n) is 7.76. The highest BCUT2D eigenvalue weighted by atomic mass is 15.1. The summed E-state index contributed by atoms with van der Waals surface area (Å²) in [7, 11) is 2.26. The molecule has 1 fully saturated rings. The molecule has 0 aliphatic carbocycles. The number of likely N-dealkylation sites (N-methyl/N-ethyl adjacent to an activating group) is 1. The van der Waals surface area contributed by atoms with Crippen LogP contribution in [-0.2, 0) is 11.8 Å². The number of hydrogen-bond acceptors (Lipinski definition) is 1. The van der Waals surface area contributed by atoms with E-state index in [1.54, 1.807) is 0 Å². The van der Waals surface area contributed by atoms with Gasteiger partial charge in [0.25, 0.3) is 0 Å². The summed E-state index contributed by atoms with van der Waals surface area (Å²) in [4.78, 5) is 5.94. The highest BCUT2D eigenvalue weighted by molar-refractivity contribution is 5.84. The smallest absolute Gasteiger partial charge is 0.0457 e. The van der Waals surface area contributed by atoms with Crippen LogP contribution in [-0.4, -0.2) is 29.5 Å². The van der Waals surface area contributed by atoms with Gasteiger partial charge in [0, 0.05) is 23.1 Å². The van der Waals surface area contributed by atoms with Crippen molar-refractivity contribution in [1.29, 1.82) is 0 Å². The molecule has 0 bridgehead atoms. The predicted molar refractivity (Wildman–Crippen MR) is 86.4 cm³/mol. The number of likely N-dealkylation sites (tertiary alicyclic amines) is 1. The number of benzene rings is 1. The molecule has 1 atom stereocenters. The number of nitrogens with one attached hydrogen (secondary N) is 1. The van der Waals surface area contributed by atoms with Crippen molar-refractivity contribution in [2.24, 2.45) is 0 Å². The van der Waals surface area contributed by atoms with Gasteiger partial charge in [-0.3, -0.25) is 0 Å². The average molecular weight is 270 g/mol. The van der Waals surface area contributed by atoms with Crippen molar-refractivity contribution in [1.82, 2.24) is 9.88 Å². The molecule has 0 saturated carbocycles. The van der Waals surface area contributed by atoms with E-state index in [2.05, 4.69) is 62.1 Å². The zero-order chi connectivity index (χ0) is 14.3. The van der Waals surface area contributed by atoms with E-state index in [0.717, 1.165) is 0 Å². The molecule has 0 amide bonds. The standard InChI is InChI=1S/C18H26N2/c1-18(2,3)14-7-8-17-16(11-14)13(12-19-17)10-15-6-5-9-20(15)4/h7-8,11-12,15,19H,5-6,9-10H2,1-4H3. The Bertz CT molecular complexity index is 603. The van der Waals surface area contributed by atoms with Crippen molar-refractivity contribution in [3.8, 4) is 0 Å². The minimum absolute atomic E-state index is 0.215. The summed E-state index contributed by atoms with van der Waals surface area (Å²) in [6.45, 7) is 8.10. The molecule has 1 aromatic carbocycles. The Morgan fingerprint density at radius 2 is 2.10 bits per heavy atom. The van der Waals surface area contributed by atoms with E-state index in [9.17, 15) is 0 Å². The van der Waals surface area contributed by atoms with Gasteiger partial charge in [0.15, 0.2) is 0 Å². The van der Waals surface area contributed by atoms with E-state index in [0.29, 0.717) is 6.04 Å². The second-order valence-corrected chi connectivity index (χ2v) is 7.31. The summed E-state index contributed by atoms with van der Waals surface area (Å²) in [6, 6.07) is 7.59. The van der Waals surface area contributed by atoms with Crippen molar-refractivity contribution in [2.75, 3.05) is 13.6 Å². The zero-order valence-corrected chi connectivity index (χ0v) is 13.2. The molecule has 1 unspecified atom stereocenters. The molecule has 1 aliphatic heterocycles. The Morgan fingerprint density at radius 1 is 1.30 bits per heavy atom. The minimum atomic E-state index is 0.215. The van der Waals surface area contributed by atoms with Crippen LogP contribution in [0, 0.1) is 0 Å². The average Bonchev–Trinajstić information content (AvgIpc) is 2.96. The fourth-order valence-corrected chi connectivity index (χ4v) is 3.30. The fraction of sp³-hybridized carbons (Fsp3) is 0.556. The van der Waals surface area contributed by atoms with Crippen molar-refractivity contribution in [2.45, 2.75) is 51.5 Å². The Kier molecular flexibility index (Phi) is 3.37. The number of fused-ring (bicyclic) bond motifs is 1. The first-order chi connectivity index (χ1) is 9.45. The van der Waals surface area contributed by atoms with Crippen LogP contribution in [0.15, 0.2) is 24.4 Å². The summed E-state index contributed by atoms with van der Waals surface area (Å²) in [5, 5.41) is 1.41. The summed E-state index contributed by atoms with van der Waals surface area (Å²) in [5.74, 6) is 0. The van der Waals surface area contributed by atoms with Gasteiger partial charge in [-0.1, -0.05) is 26.8 Å². The van der Waals surface area contributed by atoms with Gasteiger partial charge in [0.05, 0.1) is 0 Å². The highest BCUT2D eigenvalue weighted by Gasteiger charge is 2.22. The lowest BCUT2D eigenvalue weighted by atomic mass is 9.86. The van der Waals surface area contributed by atoms with Crippen molar-refractivity contribution < 1.29 is 0 Å². The quantitative estimate of drug-likeness (QED) is 0.870. The maximum atomic E-state index is 3.44. The third-order valence-electron chi connectivity index (χ3n) is 4.76. The number of aromatic amines is 1. The van der Waals surface area contributed by atoms with Gasteiger partial charge in [-0.05, 0) is 61.5 Å². The monoisotopic (exact) mass is 270 g/mol. The molecule has 1 aromatic heterocycles. The maximum Gasteiger partial charge on any atom is 0.0457 e. The molecule has 108 valence electrons. The molecule has 20 heavy (non-hydrogen) atoms. The molecule has 2 aromatic rings. The van der Waals surface area contributed by atoms with Crippen LogP contribution in [0.1, 0.15) is 44.7 Å². The van der Waals surface area contributed by atoms with Gasteiger partial charge in [0.2, 0.25) is 0 Å². The van der Waals surface area contributed by atoms with Crippen LogP contribution in [0.3, 0.4) is 0 Å². The van der Waals surface area contributed by atoms with E-state index in [1.165, 1.54) is 47.8 Å². The lowest BCUT2D eigenvalue weighted by Gasteiger charge is -2.20. The van der Waals surface area contributed by atoms with Gasteiger partial charge in [-0.2, -0.15) is 0 Å². The lowest BCUT2D eigenvalue weighted by molar-refractivity contribution is 0.310. The summed E-state index contributed by atoms with van der Waals surface area (Å²) < 4.78 is 0.